The van der Waals surface area contributed by atoms with Crippen LogP contribution in [-0.2, 0) is 0 Å². The van der Waals surface area contributed by atoms with Crippen molar-refractivity contribution in [2.75, 3.05) is 39.0 Å². The standard InChI is InChI=1S/C8H18N2S/c1-8(7-11)10-5-3-9(2)4-6-10/h8,11H,3-7H2,1-2H3. The molecule has 0 saturated carbocycles. The maximum absolute atomic E-state index is 4.29. The molecule has 1 unspecified atom stereocenters. The van der Waals surface area contributed by atoms with E-state index in [9.17, 15) is 0 Å². The Morgan fingerprint density at radius 1 is 1.27 bits per heavy atom. The molecule has 3 heteroatoms. The van der Waals surface area contributed by atoms with Crippen LogP contribution in [0.25, 0.3) is 0 Å². The summed E-state index contributed by atoms with van der Waals surface area (Å²) in [5.41, 5.74) is 0. The van der Waals surface area contributed by atoms with Crippen LogP contribution in [0.5, 0.6) is 0 Å². The molecule has 11 heavy (non-hydrogen) atoms. The number of nitrogens with zero attached hydrogens (tertiary/aromatic N) is 2. The van der Waals surface area contributed by atoms with Crippen molar-refractivity contribution in [3.8, 4) is 0 Å². The molecule has 1 saturated heterocycles. The fraction of sp³-hybridized carbons (Fsp3) is 1.00. The second-order valence-corrected chi connectivity index (χ2v) is 3.74. The summed E-state index contributed by atoms with van der Waals surface area (Å²) in [4.78, 5) is 4.88. The van der Waals surface area contributed by atoms with Crippen LogP contribution in [0.3, 0.4) is 0 Å². The summed E-state index contributed by atoms with van der Waals surface area (Å²) in [6.07, 6.45) is 0. The summed E-state index contributed by atoms with van der Waals surface area (Å²) < 4.78 is 0. The third-order valence-electron chi connectivity index (χ3n) is 2.43. The number of rotatable bonds is 2. The molecule has 1 heterocycles. The zero-order valence-corrected chi connectivity index (χ0v) is 8.35. The molecule has 1 rings (SSSR count). The van der Waals surface area contributed by atoms with Crippen molar-refractivity contribution in [1.29, 1.82) is 0 Å². The lowest BCUT2D eigenvalue weighted by atomic mass is 10.2. The van der Waals surface area contributed by atoms with Crippen molar-refractivity contribution in [3.05, 3.63) is 0 Å². The van der Waals surface area contributed by atoms with Crippen LogP contribution in [0, 0.1) is 0 Å². The lowest BCUT2D eigenvalue weighted by Gasteiger charge is -2.35. The van der Waals surface area contributed by atoms with Crippen LogP contribution >= 0.6 is 12.6 Å². The van der Waals surface area contributed by atoms with Crippen LogP contribution in [0.15, 0.2) is 0 Å². The lowest BCUT2D eigenvalue weighted by Crippen LogP contribution is -2.48. The zero-order chi connectivity index (χ0) is 8.27. The van der Waals surface area contributed by atoms with Gasteiger partial charge in [0.1, 0.15) is 0 Å². The van der Waals surface area contributed by atoms with Gasteiger partial charge in [0.2, 0.25) is 0 Å². The highest BCUT2D eigenvalue weighted by molar-refractivity contribution is 7.80. The molecule has 0 aromatic heterocycles. The van der Waals surface area contributed by atoms with E-state index in [1.54, 1.807) is 0 Å². The molecular weight excluding hydrogens is 156 g/mol. The first-order valence-corrected chi connectivity index (χ1v) is 4.90. The monoisotopic (exact) mass is 174 g/mol. The first kappa shape index (κ1) is 9.36. The molecule has 0 aliphatic carbocycles. The van der Waals surface area contributed by atoms with E-state index in [1.165, 1.54) is 26.2 Å². The largest absolute Gasteiger partial charge is 0.304 e. The van der Waals surface area contributed by atoms with Gasteiger partial charge >= 0.3 is 0 Å². The van der Waals surface area contributed by atoms with Crippen LogP contribution in [-0.4, -0.2) is 54.8 Å². The fourth-order valence-electron chi connectivity index (χ4n) is 1.38. The molecule has 0 bridgehead atoms. The van der Waals surface area contributed by atoms with Gasteiger partial charge in [0, 0.05) is 38.0 Å². The van der Waals surface area contributed by atoms with Gasteiger partial charge in [-0.05, 0) is 14.0 Å². The van der Waals surface area contributed by atoms with E-state index in [2.05, 4.69) is 36.4 Å². The summed E-state index contributed by atoms with van der Waals surface area (Å²) in [5, 5.41) is 0. The Balaban J connectivity index is 2.27. The molecule has 2 nitrogen and oxygen atoms in total. The quantitative estimate of drug-likeness (QED) is 0.611. The second kappa shape index (κ2) is 4.33. The average Bonchev–Trinajstić information content (AvgIpc) is 2.05. The summed E-state index contributed by atoms with van der Waals surface area (Å²) in [5.74, 6) is 0.976. The first-order valence-electron chi connectivity index (χ1n) is 4.27. The summed E-state index contributed by atoms with van der Waals surface area (Å²) >= 11 is 4.29. The van der Waals surface area contributed by atoms with Gasteiger partial charge < -0.3 is 4.90 Å². The minimum atomic E-state index is 0.645. The number of thiol groups is 1. The first-order chi connectivity index (χ1) is 5.24. The Labute approximate surface area is 75.0 Å². The van der Waals surface area contributed by atoms with Crippen LogP contribution < -0.4 is 0 Å². The molecule has 0 N–H and O–H groups in total. The van der Waals surface area contributed by atoms with Gasteiger partial charge in [-0.15, -0.1) is 0 Å². The Bertz CT molecular complexity index is 111. The molecule has 0 radical (unpaired) electrons. The summed E-state index contributed by atoms with van der Waals surface area (Å²) in [7, 11) is 2.18. The highest BCUT2D eigenvalue weighted by Gasteiger charge is 2.17. The fourth-order valence-corrected chi connectivity index (χ4v) is 1.61. The van der Waals surface area contributed by atoms with Crippen molar-refractivity contribution in [2.24, 2.45) is 0 Å². The third kappa shape index (κ3) is 2.65. The number of likely N-dealkylation sites (N-methyl/N-ethyl adjacent to an activating group) is 1. The molecule has 0 aromatic rings. The lowest BCUT2D eigenvalue weighted by molar-refractivity contribution is 0.128. The molecule has 66 valence electrons. The smallest absolute Gasteiger partial charge is 0.0156 e. The highest BCUT2D eigenvalue weighted by atomic mass is 32.1. The average molecular weight is 174 g/mol. The maximum Gasteiger partial charge on any atom is 0.0156 e. The topological polar surface area (TPSA) is 6.48 Å². The minimum absolute atomic E-state index is 0.645. The summed E-state index contributed by atoms with van der Waals surface area (Å²) in [6, 6.07) is 0.645. The van der Waals surface area contributed by atoms with Gasteiger partial charge in [-0.25, -0.2) is 0 Å². The molecular formula is C8H18N2S. The molecule has 0 amide bonds. The van der Waals surface area contributed by atoms with E-state index in [0.29, 0.717) is 6.04 Å². The van der Waals surface area contributed by atoms with Gasteiger partial charge in [-0.1, -0.05) is 0 Å². The van der Waals surface area contributed by atoms with Crippen LogP contribution in [0.1, 0.15) is 6.92 Å². The normalized spacial score (nSPS) is 25.4. The van der Waals surface area contributed by atoms with Gasteiger partial charge in [-0.2, -0.15) is 12.6 Å². The predicted molar refractivity (Wildman–Crippen MR) is 52.4 cm³/mol. The van der Waals surface area contributed by atoms with Crippen molar-refractivity contribution < 1.29 is 0 Å². The van der Waals surface area contributed by atoms with Crippen LogP contribution in [0.2, 0.25) is 0 Å². The van der Waals surface area contributed by atoms with E-state index >= 15 is 0 Å². The third-order valence-corrected chi connectivity index (χ3v) is 2.95. The Hall–Kier alpha value is 0.270. The predicted octanol–water partition coefficient (Wildman–Crippen LogP) is 0.552. The van der Waals surface area contributed by atoms with Gasteiger partial charge in [0.25, 0.3) is 0 Å². The number of piperazine rings is 1. The van der Waals surface area contributed by atoms with E-state index in [-0.39, 0.29) is 0 Å². The van der Waals surface area contributed by atoms with E-state index < -0.39 is 0 Å². The molecule has 1 atom stereocenters. The van der Waals surface area contributed by atoms with Gasteiger partial charge in [-0.3, -0.25) is 4.90 Å². The highest BCUT2D eigenvalue weighted by Crippen LogP contribution is 2.05. The second-order valence-electron chi connectivity index (χ2n) is 3.37. The van der Waals surface area contributed by atoms with Crippen molar-refractivity contribution in [2.45, 2.75) is 13.0 Å². The summed E-state index contributed by atoms with van der Waals surface area (Å²) in [6.45, 7) is 7.07. The van der Waals surface area contributed by atoms with Crippen molar-refractivity contribution >= 4 is 12.6 Å². The van der Waals surface area contributed by atoms with Gasteiger partial charge in [0.05, 0.1) is 0 Å². The Morgan fingerprint density at radius 2 is 1.82 bits per heavy atom. The molecule has 1 fully saturated rings. The number of hydrogen-bond donors (Lipinski definition) is 1. The Morgan fingerprint density at radius 3 is 2.27 bits per heavy atom. The number of hydrogen-bond acceptors (Lipinski definition) is 3. The molecule has 1 aliphatic heterocycles. The van der Waals surface area contributed by atoms with E-state index in [0.717, 1.165) is 5.75 Å². The molecule has 0 spiro atoms. The Kier molecular flexibility index (Phi) is 3.69. The van der Waals surface area contributed by atoms with Gasteiger partial charge in [0.15, 0.2) is 0 Å². The SMILES string of the molecule is CC(CS)N1CCN(C)CC1. The maximum atomic E-state index is 4.29. The molecule has 0 aromatic carbocycles. The van der Waals surface area contributed by atoms with Crippen LogP contribution in [0.4, 0.5) is 0 Å². The van der Waals surface area contributed by atoms with E-state index in [4.69, 9.17) is 0 Å². The van der Waals surface area contributed by atoms with Crippen molar-refractivity contribution in [3.63, 3.8) is 0 Å². The molecule has 1 aliphatic rings. The van der Waals surface area contributed by atoms with Crippen molar-refractivity contribution in [1.82, 2.24) is 9.80 Å². The van der Waals surface area contributed by atoms with E-state index in [1.807, 2.05) is 0 Å². The zero-order valence-electron chi connectivity index (χ0n) is 7.45. The minimum Gasteiger partial charge on any atom is -0.304 e.